The first-order valence-electron chi connectivity index (χ1n) is 11.6. The molecule has 2 aromatic carbocycles. The van der Waals surface area contributed by atoms with Crippen LogP contribution in [0.1, 0.15) is 34.6 Å². The highest BCUT2D eigenvalue weighted by molar-refractivity contribution is 7.92. The lowest BCUT2D eigenvalue weighted by Crippen LogP contribution is -2.40. The third kappa shape index (κ3) is 7.53. The molecule has 1 amide bonds. The van der Waals surface area contributed by atoms with Gasteiger partial charge in [0.05, 0.1) is 27.8 Å². The van der Waals surface area contributed by atoms with Crippen molar-refractivity contribution in [1.29, 1.82) is 0 Å². The third-order valence-corrected chi connectivity index (χ3v) is 9.13. The highest BCUT2D eigenvalue weighted by Gasteiger charge is 2.27. The first kappa shape index (κ1) is 29.6. The monoisotopic (exact) mass is 580 g/mol. The highest BCUT2D eigenvalue weighted by Crippen LogP contribution is 2.38. The van der Waals surface area contributed by atoms with Crippen LogP contribution in [0.25, 0.3) is 21.0 Å². The largest absolute Gasteiger partial charge is 0.447 e. The Balaban J connectivity index is 2.00. The molecule has 0 aliphatic carbocycles. The van der Waals surface area contributed by atoms with Crippen LogP contribution in [0.2, 0.25) is 0 Å². The average Bonchev–Trinajstić information content (AvgIpc) is 3.26. The van der Waals surface area contributed by atoms with Crippen molar-refractivity contribution in [2.24, 2.45) is 0 Å². The summed E-state index contributed by atoms with van der Waals surface area (Å²) >= 11 is 1.29. The van der Waals surface area contributed by atoms with Crippen molar-refractivity contribution in [3.05, 3.63) is 48.7 Å². The number of benzene rings is 2. The molecule has 0 saturated carbocycles. The summed E-state index contributed by atoms with van der Waals surface area (Å²) in [5.41, 5.74) is 1.18. The van der Waals surface area contributed by atoms with E-state index in [9.17, 15) is 21.6 Å². The van der Waals surface area contributed by atoms with Gasteiger partial charge in [-0.2, -0.15) is 0 Å². The summed E-state index contributed by atoms with van der Waals surface area (Å²) in [6, 6.07) is 11.5. The van der Waals surface area contributed by atoms with Gasteiger partial charge in [0.15, 0.2) is 0 Å². The van der Waals surface area contributed by atoms with E-state index in [4.69, 9.17) is 4.74 Å². The summed E-state index contributed by atoms with van der Waals surface area (Å²) in [5, 5.41) is 3.29. The molecule has 0 aliphatic heterocycles. The highest BCUT2D eigenvalue weighted by atomic mass is 32.2. The minimum atomic E-state index is -4.02. The first-order chi connectivity index (χ1) is 17.5. The molecule has 2 N–H and O–H groups in total. The molecule has 0 unspecified atom stereocenters. The van der Waals surface area contributed by atoms with Crippen molar-refractivity contribution < 1.29 is 26.4 Å². The number of rotatable bonds is 8. The van der Waals surface area contributed by atoms with Gasteiger partial charge in [0.25, 0.3) is 0 Å². The Bertz CT molecular complexity index is 1520. The molecule has 1 heterocycles. The maximum absolute atomic E-state index is 13.4. The van der Waals surface area contributed by atoms with Gasteiger partial charge in [0.1, 0.15) is 5.01 Å². The Labute approximate surface area is 228 Å². The fourth-order valence-electron chi connectivity index (χ4n) is 3.37. The number of nitrogens with zero attached hydrogens (tertiary/aromatic N) is 2. The molecule has 1 aromatic heterocycles. The number of ether oxygens (including phenoxy) is 1. The number of hydrogen-bond acceptors (Lipinski definition) is 8. The third-order valence-electron chi connectivity index (χ3n) is 5.05. The fourth-order valence-corrected chi connectivity index (χ4v) is 6.55. The molecule has 13 heteroatoms. The minimum Gasteiger partial charge on any atom is -0.447 e. The van der Waals surface area contributed by atoms with E-state index in [1.54, 1.807) is 77.2 Å². The van der Waals surface area contributed by atoms with E-state index in [0.717, 1.165) is 16.1 Å². The number of anilines is 2. The Morgan fingerprint density at radius 2 is 1.68 bits per heavy atom. The van der Waals surface area contributed by atoms with Gasteiger partial charge in [-0.3, -0.25) is 9.62 Å². The van der Waals surface area contributed by atoms with Crippen molar-refractivity contribution >= 4 is 48.9 Å². The molecule has 0 atom stereocenters. The van der Waals surface area contributed by atoms with Crippen LogP contribution in [0, 0.1) is 0 Å². The molecule has 0 spiro atoms. The normalized spacial score (nSPS) is 12.4. The van der Waals surface area contributed by atoms with Crippen LogP contribution in [0.4, 0.5) is 16.2 Å². The van der Waals surface area contributed by atoms with Crippen molar-refractivity contribution in [3.63, 3.8) is 0 Å². The number of nitrogens with one attached hydrogen (secondary N) is 2. The summed E-state index contributed by atoms with van der Waals surface area (Å²) < 4.78 is 59.7. The van der Waals surface area contributed by atoms with E-state index in [1.807, 2.05) is 0 Å². The lowest BCUT2D eigenvalue weighted by molar-refractivity contribution is 0.130. The van der Waals surface area contributed by atoms with Crippen molar-refractivity contribution in [3.8, 4) is 21.0 Å². The lowest BCUT2D eigenvalue weighted by Gasteiger charge is -2.23. The molecule has 0 radical (unpaired) electrons. The molecule has 38 heavy (non-hydrogen) atoms. The Morgan fingerprint density at radius 1 is 1.05 bits per heavy atom. The van der Waals surface area contributed by atoms with Gasteiger partial charge in [0, 0.05) is 35.6 Å². The zero-order chi connectivity index (χ0) is 28.5. The molecular weight excluding hydrogens is 548 g/mol. The van der Waals surface area contributed by atoms with Gasteiger partial charge < -0.3 is 4.74 Å². The molecule has 10 nitrogen and oxygen atoms in total. The summed E-state index contributed by atoms with van der Waals surface area (Å²) in [4.78, 5) is 16.8. The molecule has 0 aliphatic rings. The lowest BCUT2D eigenvalue weighted by atomic mass is 10.1. The second-order valence-corrected chi connectivity index (χ2v) is 14.6. The second-order valence-electron chi connectivity index (χ2n) is 9.95. The summed E-state index contributed by atoms with van der Waals surface area (Å²) in [6.45, 7) is 8.69. The van der Waals surface area contributed by atoms with E-state index < -0.39 is 31.7 Å². The van der Waals surface area contributed by atoms with Gasteiger partial charge in [0.2, 0.25) is 20.0 Å². The fraction of sp³-hybridized carbons (Fsp3) is 0.360. The summed E-state index contributed by atoms with van der Waals surface area (Å²) in [7, 11) is -6.27. The topological polar surface area (TPSA) is 135 Å². The zero-order valence-electron chi connectivity index (χ0n) is 22.3. The number of sulfonamides is 2. The number of hydrogen-bond donors (Lipinski definition) is 2. The van der Waals surface area contributed by atoms with Crippen LogP contribution < -0.4 is 14.3 Å². The van der Waals surface area contributed by atoms with Crippen LogP contribution in [0.3, 0.4) is 0 Å². The molecule has 0 fully saturated rings. The number of amides is 1. The molecule has 3 rings (SSSR count). The van der Waals surface area contributed by atoms with Gasteiger partial charge in [-0.25, -0.2) is 31.3 Å². The average molecular weight is 581 g/mol. The van der Waals surface area contributed by atoms with Crippen LogP contribution >= 0.6 is 11.3 Å². The summed E-state index contributed by atoms with van der Waals surface area (Å²) in [6.07, 6.45) is 1.84. The van der Waals surface area contributed by atoms with Gasteiger partial charge in [-0.05, 0) is 71.0 Å². The summed E-state index contributed by atoms with van der Waals surface area (Å²) in [5.74, 6) is 0. The van der Waals surface area contributed by atoms with E-state index in [1.165, 1.54) is 24.5 Å². The van der Waals surface area contributed by atoms with Crippen molar-refractivity contribution in [2.75, 3.05) is 22.9 Å². The Morgan fingerprint density at radius 3 is 2.24 bits per heavy atom. The minimum absolute atomic E-state index is 0.0566. The van der Waals surface area contributed by atoms with E-state index in [-0.39, 0.29) is 16.7 Å². The van der Waals surface area contributed by atoms with Crippen LogP contribution in [-0.2, 0) is 24.8 Å². The zero-order valence-corrected chi connectivity index (χ0v) is 24.7. The van der Waals surface area contributed by atoms with Crippen LogP contribution in [0.5, 0.6) is 0 Å². The number of carbonyl (C=O) groups is 1. The Hall–Kier alpha value is -3.00. The van der Waals surface area contributed by atoms with E-state index >= 15 is 0 Å². The second kappa shape index (κ2) is 11.0. The maximum atomic E-state index is 13.4. The molecule has 0 bridgehead atoms. The number of carbonyl (C=O) groups excluding carboxylic acids is 1. The van der Waals surface area contributed by atoms with Gasteiger partial charge in [-0.1, -0.05) is 6.07 Å². The van der Waals surface area contributed by atoms with E-state index in [0.29, 0.717) is 21.1 Å². The van der Waals surface area contributed by atoms with Crippen LogP contribution in [-0.4, -0.2) is 52.9 Å². The predicted molar refractivity (Wildman–Crippen MR) is 152 cm³/mol. The molecule has 206 valence electrons. The van der Waals surface area contributed by atoms with Crippen LogP contribution in [0.15, 0.2) is 53.6 Å². The van der Waals surface area contributed by atoms with Crippen molar-refractivity contribution in [1.82, 2.24) is 9.71 Å². The predicted octanol–water partition coefficient (Wildman–Crippen LogP) is 4.91. The number of thiazole rings is 1. The van der Waals surface area contributed by atoms with Gasteiger partial charge >= 0.3 is 6.09 Å². The number of aromatic nitrogens is 1. The standard InChI is InChI=1S/C25H32N4O6S3/c1-16(2)35-24(30)27-18-10-8-17(9-11-18)23-26-15-21(36-23)20-13-12-19(29(6)37(7,31)32)14-22(20)38(33,34)28-25(3,4)5/h8-16,28H,1-7H3,(H,27,30). The molecule has 3 aromatic rings. The Kier molecular flexibility index (Phi) is 8.56. The van der Waals surface area contributed by atoms with E-state index in [2.05, 4.69) is 15.0 Å². The smallest absolute Gasteiger partial charge is 0.411 e. The maximum Gasteiger partial charge on any atom is 0.411 e. The molecule has 0 saturated heterocycles. The molecular formula is C25H32N4O6S3. The first-order valence-corrected chi connectivity index (χ1v) is 15.8. The van der Waals surface area contributed by atoms with Gasteiger partial charge in [-0.15, -0.1) is 11.3 Å². The van der Waals surface area contributed by atoms with Crippen molar-refractivity contribution in [2.45, 2.75) is 51.2 Å². The quantitative estimate of drug-likeness (QED) is 0.387. The SMILES string of the molecule is CC(C)OC(=O)Nc1ccc(-c2ncc(-c3ccc(N(C)S(C)(=O)=O)cc3S(=O)(=O)NC(C)(C)C)s2)cc1.